The van der Waals surface area contributed by atoms with Crippen molar-refractivity contribution in [3.8, 4) is 0 Å². The van der Waals surface area contributed by atoms with Gasteiger partial charge in [-0.1, -0.05) is 12.1 Å². The molecule has 4 rings (SSSR count). The second kappa shape index (κ2) is 2.64. The van der Waals surface area contributed by atoms with Crippen molar-refractivity contribution in [2.75, 3.05) is 0 Å². The number of benzene rings is 1. The number of hydrogen-bond acceptors (Lipinski definition) is 2. The van der Waals surface area contributed by atoms with Crippen molar-refractivity contribution in [3.05, 3.63) is 42.6 Å². The Balaban J connectivity index is 2.32. The predicted octanol–water partition coefficient (Wildman–Crippen LogP) is 3.46. The number of furan rings is 1. The minimum absolute atomic E-state index is 0.830. The lowest BCUT2D eigenvalue weighted by molar-refractivity contribution is 0.669. The molecule has 0 spiro atoms. The molecule has 1 aromatic carbocycles. The first-order chi connectivity index (χ1) is 7.92. The quantitative estimate of drug-likeness (QED) is 0.480. The van der Waals surface area contributed by atoms with Gasteiger partial charge >= 0.3 is 0 Å². The first-order valence-electron chi connectivity index (χ1n) is 5.17. The molecule has 0 radical (unpaired) electrons. The van der Waals surface area contributed by atoms with E-state index in [1.807, 2.05) is 42.6 Å². The molecule has 16 heavy (non-hydrogen) atoms. The van der Waals surface area contributed by atoms with Crippen molar-refractivity contribution < 1.29 is 4.42 Å². The van der Waals surface area contributed by atoms with Crippen LogP contribution in [0.4, 0.5) is 0 Å². The van der Waals surface area contributed by atoms with E-state index in [-0.39, 0.29) is 0 Å². The Bertz CT molecular complexity index is 810. The lowest BCUT2D eigenvalue weighted by Crippen LogP contribution is -1.75. The van der Waals surface area contributed by atoms with E-state index < -0.39 is 0 Å². The van der Waals surface area contributed by atoms with Crippen LogP contribution in [0.2, 0.25) is 0 Å². The molecule has 4 aromatic rings. The van der Waals surface area contributed by atoms with E-state index in [0.717, 1.165) is 33.1 Å². The average Bonchev–Trinajstić information content (AvgIpc) is 2.88. The number of pyridine rings is 1. The summed E-state index contributed by atoms with van der Waals surface area (Å²) < 4.78 is 5.75. The maximum Gasteiger partial charge on any atom is 0.155 e. The molecule has 76 valence electrons. The van der Waals surface area contributed by atoms with Crippen LogP contribution in [0.15, 0.2) is 47.0 Å². The summed E-state index contributed by atoms with van der Waals surface area (Å²) in [4.78, 5) is 7.73. The van der Waals surface area contributed by atoms with Crippen LogP contribution >= 0.6 is 0 Å². The normalized spacial score (nSPS) is 11.8. The average molecular weight is 208 g/mol. The second-order valence-electron chi connectivity index (χ2n) is 3.84. The monoisotopic (exact) mass is 208 g/mol. The van der Waals surface area contributed by atoms with Gasteiger partial charge in [-0.05, 0) is 18.2 Å². The van der Waals surface area contributed by atoms with Crippen LogP contribution in [0, 0.1) is 0 Å². The molecule has 0 aliphatic carbocycles. The van der Waals surface area contributed by atoms with Crippen LogP contribution in [0.25, 0.3) is 33.1 Å². The summed E-state index contributed by atoms with van der Waals surface area (Å²) in [6, 6.07) is 11.9. The zero-order valence-electron chi connectivity index (χ0n) is 8.40. The summed E-state index contributed by atoms with van der Waals surface area (Å²) >= 11 is 0. The zero-order valence-corrected chi connectivity index (χ0v) is 8.40. The third-order valence-corrected chi connectivity index (χ3v) is 2.86. The van der Waals surface area contributed by atoms with E-state index >= 15 is 0 Å². The summed E-state index contributed by atoms with van der Waals surface area (Å²) in [5, 5.41) is 1.07. The Kier molecular flexibility index (Phi) is 1.31. The van der Waals surface area contributed by atoms with Crippen LogP contribution in [-0.2, 0) is 0 Å². The topological polar surface area (TPSA) is 41.8 Å². The van der Waals surface area contributed by atoms with Gasteiger partial charge in [0.2, 0.25) is 0 Å². The van der Waals surface area contributed by atoms with E-state index in [4.69, 9.17) is 4.42 Å². The molecule has 0 aliphatic rings. The molecule has 0 fully saturated rings. The number of H-pyrrole nitrogens is 1. The summed E-state index contributed by atoms with van der Waals surface area (Å²) in [5.74, 6) is 0. The molecular weight excluding hydrogens is 200 g/mol. The van der Waals surface area contributed by atoms with E-state index in [1.54, 1.807) is 0 Å². The van der Waals surface area contributed by atoms with Crippen molar-refractivity contribution in [2.45, 2.75) is 0 Å². The lowest BCUT2D eigenvalue weighted by Gasteiger charge is -1.89. The van der Waals surface area contributed by atoms with Crippen molar-refractivity contribution in [1.29, 1.82) is 0 Å². The Morgan fingerprint density at radius 2 is 2.00 bits per heavy atom. The molecule has 0 saturated heterocycles. The van der Waals surface area contributed by atoms with Crippen molar-refractivity contribution in [3.63, 3.8) is 0 Å². The number of rotatable bonds is 0. The Morgan fingerprint density at radius 3 is 3.00 bits per heavy atom. The highest BCUT2D eigenvalue weighted by atomic mass is 16.3. The molecule has 0 atom stereocenters. The number of aromatic nitrogens is 2. The maximum absolute atomic E-state index is 5.75. The van der Waals surface area contributed by atoms with Crippen LogP contribution < -0.4 is 0 Å². The smallest absolute Gasteiger partial charge is 0.155 e. The zero-order chi connectivity index (χ0) is 10.5. The Hall–Kier alpha value is -2.29. The molecule has 0 saturated carbocycles. The highest BCUT2D eigenvalue weighted by molar-refractivity contribution is 6.05. The number of nitrogens with one attached hydrogen (secondary N) is 1. The minimum Gasteiger partial charge on any atom is -0.454 e. The van der Waals surface area contributed by atoms with Gasteiger partial charge < -0.3 is 9.40 Å². The van der Waals surface area contributed by atoms with Crippen LogP contribution in [0.1, 0.15) is 0 Å². The van der Waals surface area contributed by atoms with E-state index in [9.17, 15) is 0 Å². The molecule has 0 bridgehead atoms. The van der Waals surface area contributed by atoms with Gasteiger partial charge in [0, 0.05) is 17.6 Å². The first kappa shape index (κ1) is 7.93. The number of para-hydroxylation sites is 1. The van der Waals surface area contributed by atoms with Crippen molar-refractivity contribution >= 4 is 33.1 Å². The van der Waals surface area contributed by atoms with Gasteiger partial charge in [-0.2, -0.15) is 0 Å². The molecule has 3 heterocycles. The van der Waals surface area contributed by atoms with Gasteiger partial charge in [0.1, 0.15) is 11.1 Å². The Labute approximate surface area is 90.7 Å². The van der Waals surface area contributed by atoms with Crippen LogP contribution in [0.5, 0.6) is 0 Å². The van der Waals surface area contributed by atoms with Gasteiger partial charge in [0.25, 0.3) is 0 Å². The standard InChI is InChI=1S/C13H8N2O/c1-2-4-11-8(3-1)13-12(16-11)7-10-9(15-13)5-6-14-10/h1-7,14H. The summed E-state index contributed by atoms with van der Waals surface area (Å²) in [6.45, 7) is 0. The molecule has 0 unspecified atom stereocenters. The molecular formula is C13H8N2O. The van der Waals surface area contributed by atoms with Crippen LogP contribution in [0.3, 0.4) is 0 Å². The molecule has 3 nitrogen and oxygen atoms in total. The lowest BCUT2D eigenvalue weighted by atomic mass is 10.2. The fourth-order valence-corrected chi connectivity index (χ4v) is 2.10. The fraction of sp³-hybridized carbons (Fsp3) is 0. The highest BCUT2D eigenvalue weighted by Gasteiger charge is 2.08. The van der Waals surface area contributed by atoms with E-state index in [2.05, 4.69) is 9.97 Å². The highest BCUT2D eigenvalue weighted by Crippen LogP contribution is 2.28. The molecule has 0 amide bonds. The largest absolute Gasteiger partial charge is 0.454 e. The summed E-state index contributed by atoms with van der Waals surface area (Å²) in [7, 11) is 0. The van der Waals surface area contributed by atoms with Gasteiger partial charge in [-0.25, -0.2) is 4.98 Å². The third-order valence-electron chi connectivity index (χ3n) is 2.86. The number of hydrogen-bond donors (Lipinski definition) is 1. The number of aromatic amines is 1. The molecule has 1 N–H and O–H groups in total. The van der Waals surface area contributed by atoms with Crippen LogP contribution in [-0.4, -0.2) is 9.97 Å². The number of fused-ring (bicyclic) bond motifs is 4. The molecule has 0 aliphatic heterocycles. The number of nitrogens with zero attached hydrogens (tertiary/aromatic N) is 1. The van der Waals surface area contributed by atoms with E-state index in [0.29, 0.717) is 0 Å². The fourth-order valence-electron chi connectivity index (χ4n) is 2.10. The Morgan fingerprint density at radius 1 is 1.06 bits per heavy atom. The predicted molar refractivity (Wildman–Crippen MR) is 63.4 cm³/mol. The minimum atomic E-state index is 0.830. The first-order valence-corrected chi connectivity index (χ1v) is 5.17. The SMILES string of the molecule is c1ccc2c(c1)oc1cc3[nH]ccc3nc12. The third kappa shape index (κ3) is 0.896. The maximum atomic E-state index is 5.75. The second-order valence-corrected chi connectivity index (χ2v) is 3.84. The van der Waals surface area contributed by atoms with E-state index in [1.165, 1.54) is 0 Å². The molecule has 3 aromatic heterocycles. The summed E-state index contributed by atoms with van der Waals surface area (Å²) in [6.07, 6.45) is 1.89. The van der Waals surface area contributed by atoms with Crippen molar-refractivity contribution in [1.82, 2.24) is 9.97 Å². The van der Waals surface area contributed by atoms with Crippen molar-refractivity contribution in [2.24, 2.45) is 0 Å². The van der Waals surface area contributed by atoms with Gasteiger partial charge in [0.15, 0.2) is 5.58 Å². The van der Waals surface area contributed by atoms with Gasteiger partial charge in [-0.3, -0.25) is 0 Å². The van der Waals surface area contributed by atoms with Gasteiger partial charge in [0.05, 0.1) is 11.0 Å². The van der Waals surface area contributed by atoms with Gasteiger partial charge in [-0.15, -0.1) is 0 Å². The summed E-state index contributed by atoms with van der Waals surface area (Å²) in [5.41, 5.74) is 4.63. The molecule has 3 heteroatoms.